The summed E-state index contributed by atoms with van der Waals surface area (Å²) in [6.07, 6.45) is 8.29. The quantitative estimate of drug-likeness (QED) is 0.671. The Morgan fingerprint density at radius 3 is 2.36 bits per heavy atom. The zero-order valence-electron chi connectivity index (χ0n) is 15.8. The minimum absolute atomic E-state index is 0.0719. The van der Waals surface area contributed by atoms with E-state index in [0.29, 0.717) is 6.04 Å². The van der Waals surface area contributed by atoms with Crippen LogP contribution in [0.15, 0.2) is 42.6 Å². The van der Waals surface area contributed by atoms with E-state index in [1.54, 1.807) is 16.7 Å². The van der Waals surface area contributed by atoms with Crippen molar-refractivity contribution in [2.24, 2.45) is 0 Å². The van der Waals surface area contributed by atoms with E-state index < -0.39 is 0 Å². The zero-order chi connectivity index (χ0) is 17.4. The van der Waals surface area contributed by atoms with Gasteiger partial charge in [-0.1, -0.05) is 64.1 Å². The normalized spacial score (nSPS) is 23.4. The highest BCUT2D eigenvalue weighted by Gasteiger charge is 2.50. The number of hydrogen-bond acceptors (Lipinski definition) is 1. The molecule has 0 fully saturated rings. The second kappa shape index (κ2) is 4.78. The first kappa shape index (κ1) is 15.3. The van der Waals surface area contributed by atoms with Crippen molar-refractivity contribution >= 4 is 6.08 Å². The molecule has 0 saturated heterocycles. The molecule has 0 aromatic heterocycles. The molecule has 2 aliphatic heterocycles. The molecule has 0 saturated carbocycles. The van der Waals surface area contributed by atoms with Gasteiger partial charge in [-0.3, -0.25) is 0 Å². The second-order valence-electron chi connectivity index (χ2n) is 8.55. The number of hydrogen-bond donors (Lipinski definition) is 0. The van der Waals surface area contributed by atoms with Crippen LogP contribution in [0.25, 0.3) is 6.08 Å². The van der Waals surface area contributed by atoms with Gasteiger partial charge in [-0.2, -0.15) is 0 Å². The van der Waals surface area contributed by atoms with Crippen molar-refractivity contribution in [3.63, 3.8) is 0 Å². The maximum absolute atomic E-state index is 2.71. The first-order valence-electron chi connectivity index (χ1n) is 9.76. The maximum Gasteiger partial charge on any atom is 0.0810 e. The lowest BCUT2D eigenvalue weighted by atomic mass is 9.61. The topological polar surface area (TPSA) is 3.24 Å². The van der Waals surface area contributed by atoms with Crippen LogP contribution in [0, 0.1) is 0 Å². The highest BCUT2D eigenvalue weighted by Crippen LogP contribution is 2.56. The third-order valence-electron chi connectivity index (χ3n) is 7.31. The fraction of sp³-hybridized carbons (Fsp3) is 0.417. The molecule has 1 atom stereocenters. The van der Waals surface area contributed by atoms with E-state index in [9.17, 15) is 0 Å². The number of benzene rings is 2. The van der Waals surface area contributed by atoms with Gasteiger partial charge in [-0.05, 0) is 58.7 Å². The van der Waals surface area contributed by atoms with Crippen LogP contribution >= 0.6 is 0 Å². The molecule has 2 aromatic rings. The summed E-state index contributed by atoms with van der Waals surface area (Å²) >= 11 is 0. The molecule has 1 aliphatic carbocycles. The molecular formula is C24H27N. The Morgan fingerprint density at radius 2 is 1.64 bits per heavy atom. The molecule has 0 amide bonds. The SMILES string of the molecule is CCC1(CC)Cc2cccc3c2C2c4c(cccc4C3(C)C)C=CN21. The zero-order valence-corrected chi connectivity index (χ0v) is 15.8. The highest BCUT2D eigenvalue weighted by atomic mass is 15.2. The first-order valence-corrected chi connectivity index (χ1v) is 9.76. The van der Waals surface area contributed by atoms with Crippen LogP contribution < -0.4 is 0 Å². The van der Waals surface area contributed by atoms with Crippen molar-refractivity contribution in [3.8, 4) is 0 Å². The van der Waals surface area contributed by atoms with Crippen LogP contribution in [0.3, 0.4) is 0 Å². The van der Waals surface area contributed by atoms with Crippen molar-refractivity contribution in [3.05, 3.63) is 76.0 Å². The molecule has 25 heavy (non-hydrogen) atoms. The van der Waals surface area contributed by atoms with E-state index in [-0.39, 0.29) is 11.0 Å². The molecule has 0 radical (unpaired) electrons. The third kappa shape index (κ3) is 1.69. The summed E-state index contributed by atoms with van der Waals surface area (Å²) in [5, 5.41) is 0. The summed E-state index contributed by atoms with van der Waals surface area (Å²) < 4.78 is 0. The standard InChI is InChI=1S/C24H27N/c1-5-24(6-2)15-17-10-8-12-19-21(17)22-20-16(13-14-25(22)24)9-7-11-18(20)23(19,3)4/h7-14,22H,5-6,15H2,1-4H3. The van der Waals surface area contributed by atoms with Crippen LogP contribution in [0.4, 0.5) is 0 Å². The fourth-order valence-corrected chi connectivity index (χ4v) is 5.77. The van der Waals surface area contributed by atoms with Crippen molar-refractivity contribution < 1.29 is 0 Å². The van der Waals surface area contributed by atoms with Gasteiger partial charge in [0.25, 0.3) is 0 Å². The predicted molar refractivity (Wildman–Crippen MR) is 105 cm³/mol. The molecule has 3 aliphatic rings. The van der Waals surface area contributed by atoms with E-state index in [1.165, 1.54) is 29.5 Å². The number of rotatable bonds is 2. The van der Waals surface area contributed by atoms with Crippen LogP contribution in [0.5, 0.6) is 0 Å². The van der Waals surface area contributed by atoms with Crippen molar-refractivity contribution in [2.75, 3.05) is 0 Å². The molecule has 2 aromatic carbocycles. The van der Waals surface area contributed by atoms with Crippen LogP contribution in [-0.4, -0.2) is 10.4 Å². The van der Waals surface area contributed by atoms with Gasteiger partial charge in [-0.25, -0.2) is 0 Å². The minimum atomic E-state index is 0.0719. The average molecular weight is 329 g/mol. The van der Waals surface area contributed by atoms with Gasteiger partial charge in [0.1, 0.15) is 0 Å². The molecular weight excluding hydrogens is 302 g/mol. The van der Waals surface area contributed by atoms with Gasteiger partial charge in [0, 0.05) is 17.2 Å². The Balaban J connectivity index is 1.91. The first-order chi connectivity index (χ1) is 12.0. The molecule has 1 unspecified atom stereocenters. The molecule has 5 rings (SSSR count). The van der Waals surface area contributed by atoms with Gasteiger partial charge in [-0.15, -0.1) is 0 Å². The predicted octanol–water partition coefficient (Wildman–Crippen LogP) is 5.82. The van der Waals surface area contributed by atoms with Gasteiger partial charge >= 0.3 is 0 Å². The molecule has 0 spiro atoms. The fourth-order valence-electron chi connectivity index (χ4n) is 5.77. The lowest BCUT2D eigenvalue weighted by Gasteiger charge is -2.57. The molecule has 0 bridgehead atoms. The number of nitrogens with zero attached hydrogens (tertiary/aromatic N) is 1. The molecule has 1 nitrogen and oxygen atoms in total. The Bertz CT molecular complexity index is 898. The van der Waals surface area contributed by atoms with E-state index in [1.807, 2.05) is 0 Å². The average Bonchev–Trinajstić information content (AvgIpc) is 2.64. The lowest BCUT2D eigenvalue weighted by molar-refractivity contribution is 0.0823. The Morgan fingerprint density at radius 1 is 0.960 bits per heavy atom. The third-order valence-corrected chi connectivity index (χ3v) is 7.31. The summed E-state index contributed by atoms with van der Waals surface area (Å²) in [7, 11) is 0. The lowest BCUT2D eigenvalue weighted by Crippen LogP contribution is -2.54. The Hall–Kier alpha value is -2.02. The molecule has 0 N–H and O–H groups in total. The Kier molecular flexibility index (Phi) is 2.92. The molecule has 128 valence electrons. The van der Waals surface area contributed by atoms with Crippen LogP contribution in [0.2, 0.25) is 0 Å². The van der Waals surface area contributed by atoms with Crippen molar-refractivity contribution in [1.29, 1.82) is 0 Å². The molecule has 1 heteroatoms. The summed E-state index contributed by atoms with van der Waals surface area (Å²) in [5.41, 5.74) is 9.48. The van der Waals surface area contributed by atoms with E-state index in [0.717, 1.165) is 6.42 Å². The van der Waals surface area contributed by atoms with Gasteiger partial charge in [0.05, 0.1) is 6.04 Å². The Labute approximate surface area is 151 Å². The van der Waals surface area contributed by atoms with Gasteiger partial charge < -0.3 is 4.90 Å². The maximum atomic E-state index is 2.71. The second-order valence-corrected chi connectivity index (χ2v) is 8.55. The van der Waals surface area contributed by atoms with E-state index in [2.05, 4.69) is 81.3 Å². The van der Waals surface area contributed by atoms with Gasteiger partial charge in [0.2, 0.25) is 0 Å². The van der Waals surface area contributed by atoms with Crippen LogP contribution in [-0.2, 0) is 11.8 Å². The summed E-state index contributed by atoms with van der Waals surface area (Å²) in [4.78, 5) is 2.71. The monoisotopic (exact) mass is 329 g/mol. The molecule has 2 heterocycles. The highest BCUT2D eigenvalue weighted by molar-refractivity contribution is 5.69. The minimum Gasteiger partial charge on any atom is -0.360 e. The smallest absolute Gasteiger partial charge is 0.0810 e. The van der Waals surface area contributed by atoms with E-state index >= 15 is 0 Å². The van der Waals surface area contributed by atoms with Crippen LogP contribution in [0.1, 0.15) is 80.0 Å². The summed E-state index contributed by atoms with van der Waals surface area (Å²) in [6, 6.07) is 14.3. The summed E-state index contributed by atoms with van der Waals surface area (Å²) in [6.45, 7) is 9.53. The van der Waals surface area contributed by atoms with E-state index in [4.69, 9.17) is 0 Å². The largest absolute Gasteiger partial charge is 0.360 e. The van der Waals surface area contributed by atoms with Crippen molar-refractivity contribution in [1.82, 2.24) is 4.90 Å². The van der Waals surface area contributed by atoms with Crippen molar-refractivity contribution in [2.45, 2.75) is 64.0 Å². The summed E-state index contributed by atoms with van der Waals surface area (Å²) in [5.74, 6) is 0. The van der Waals surface area contributed by atoms with Gasteiger partial charge in [0.15, 0.2) is 0 Å².